The Bertz CT molecular complexity index is 401. The molecule has 1 fully saturated rings. The summed E-state index contributed by atoms with van der Waals surface area (Å²) in [7, 11) is 0. The standard InChI is InChI=1S/C14H22Br2N2/c1-3-12-14(16)13(18(4-2)17-12)9-10-7-5-6-8-11(10)15/h10-11H,3-9H2,1-2H3. The molecule has 0 aliphatic heterocycles. The molecule has 2 nitrogen and oxygen atoms in total. The molecule has 0 amide bonds. The fourth-order valence-corrected chi connectivity index (χ4v) is 4.35. The van der Waals surface area contributed by atoms with Gasteiger partial charge in [0.25, 0.3) is 0 Å². The maximum absolute atomic E-state index is 4.69. The molecule has 0 N–H and O–H groups in total. The highest BCUT2D eigenvalue weighted by Crippen LogP contribution is 2.34. The second-order valence-corrected chi connectivity index (χ2v) is 7.11. The number of nitrogens with zero attached hydrogens (tertiary/aromatic N) is 2. The molecular formula is C14H22Br2N2. The molecule has 1 heterocycles. The van der Waals surface area contributed by atoms with Crippen molar-refractivity contribution in [2.24, 2.45) is 5.92 Å². The van der Waals surface area contributed by atoms with Gasteiger partial charge in [-0.1, -0.05) is 35.7 Å². The Labute approximate surface area is 127 Å². The fourth-order valence-electron chi connectivity index (χ4n) is 2.85. The molecule has 0 saturated heterocycles. The van der Waals surface area contributed by atoms with Gasteiger partial charge in [0.05, 0.1) is 15.9 Å². The average Bonchev–Trinajstić information content (AvgIpc) is 2.69. The zero-order valence-electron chi connectivity index (χ0n) is 11.3. The van der Waals surface area contributed by atoms with E-state index < -0.39 is 0 Å². The molecule has 1 aliphatic rings. The minimum absolute atomic E-state index is 0.684. The van der Waals surface area contributed by atoms with E-state index in [1.54, 1.807) is 0 Å². The highest BCUT2D eigenvalue weighted by molar-refractivity contribution is 9.10. The summed E-state index contributed by atoms with van der Waals surface area (Å²) in [5.41, 5.74) is 2.60. The zero-order valence-corrected chi connectivity index (χ0v) is 14.4. The molecular weight excluding hydrogens is 356 g/mol. The topological polar surface area (TPSA) is 17.8 Å². The van der Waals surface area contributed by atoms with Gasteiger partial charge in [-0.2, -0.15) is 5.10 Å². The predicted molar refractivity (Wildman–Crippen MR) is 83.4 cm³/mol. The summed E-state index contributed by atoms with van der Waals surface area (Å²) in [6, 6.07) is 0. The van der Waals surface area contributed by atoms with Crippen LogP contribution in [-0.2, 0) is 19.4 Å². The second-order valence-electron chi connectivity index (χ2n) is 5.14. The summed E-state index contributed by atoms with van der Waals surface area (Å²) < 4.78 is 3.43. The van der Waals surface area contributed by atoms with E-state index in [4.69, 9.17) is 5.10 Å². The van der Waals surface area contributed by atoms with E-state index in [0.717, 1.165) is 25.3 Å². The van der Waals surface area contributed by atoms with Crippen molar-refractivity contribution in [2.75, 3.05) is 0 Å². The molecule has 0 aromatic carbocycles. The Morgan fingerprint density at radius 2 is 2.00 bits per heavy atom. The molecule has 0 bridgehead atoms. The Morgan fingerprint density at radius 1 is 1.28 bits per heavy atom. The zero-order chi connectivity index (χ0) is 13.1. The number of hydrogen-bond acceptors (Lipinski definition) is 1. The van der Waals surface area contributed by atoms with Crippen LogP contribution in [0.4, 0.5) is 0 Å². The van der Waals surface area contributed by atoms with Gasteiger partial charge >= 0.3 is 0 Å². The van der Waals surface area contributed by atoms with E-state index in [1.165, 1.54) is 41.5 Å². The van der Waals surface area contributed by atoms with Gasteiger partial charge in [0.15, 0.2) is 0 Å². The number of rotatable bonds is 4. The summed E-state index contributed by atoms with van der Waals surface area (Å²) in [5, 5.41) is 4.69. The first kappa shape index (κ1) is 14.6. The Morgan fingerprint density at radius 3 is 2.61 bits per heavy atom. The molecule has 2 atom stereocenters. The molecule has 1 aromatic rings. The third-order valence-electron chi connectivity index (χ3n) is 3.97. The molecule has 1 aliphatic carbocycles. The SMILES string of the molecule is CCc1nn(CC)c(CC2CCCCC2Br)c1Br. The lowest BCUT2D eigenvalue weighted by molar-refractivity contribution is 0.364. The quantitative estimate of drug-likeness (QED) is 0.694. The smallest absolute Gasteiger partial charge is 0.0766 e. The van der Waals surface area contributed by atoms with Gasteiger partial charge in [0.2, 0.25) is 0 Å². The largest absolute Gasteiger partial charge is 0.268 e. The summed E-state index contributed by atoms with van der Waals surface area (Å²) in [6.45, 7) is 5.31. The number of hydrogen-bond donors (Lipinski definition) is 0. The van der Waals surface area contributed by atoms with Crippen LogP contribution in [0.15, 0.2) is 4.47 Å². The number of halogens is 2. The van der Waals surface area contributed by atoms with Crippen LogP contribution >= 0.6 is 31.9 Å². The minimum Gasteiger partial charge on any atom is -0.268 e. The van der Waals surface area contributed by atoms with Crippen LogP contribution in [0.5, 0.6) is 0 Å². The Kier molecular flexibility index (Phi) is 5.31. The molecule has 1 saturated carbocycles. The van der Waals surface area contributed by atoms with Crippen molar-refractivity contribution in [3.8, 4) is 0 Å². The van der Waals surface area contributed by atoms with Crippen molar-refractivity contribution in [1.82, 2.24) is 9.78 Å². The summed E-state index contributed by atoms with van der Waals surface area (Å²) in [6.07, 6.45) is 7.58. The number of aromatic nitrogens is 2. The second kappa shape index (κ2) is 6.56. The average molecular weight is 378 g/mol. The van der Waals surface area contributed by atoms with Crippen molar-refractivity contribution >= 4 is 31.9 Å². The van der Waals surface area contributed by atoms with E-state index in [1.807, 2.05) is 0 Å². The normalized spacial score (nSPS) is 24.4. The molecule has 0 radical (unpaired) electrons. The maximum atomic E-state index is 4.69. The predicted octanol–water partition coefficient (Wildman–Crippen LogP) is 4.72. The number of alkyl halides is 1. The van der Waals surface area contributed by atoms with E-state index >= 15 is 0 Å². The van der Waals surface area contributed by atoms with Gasteiger partial charge in [0, 0.05) is 11.4 Å². The molecule has 4 heteroatoms. The monoisotopic (exact) mass is 376 g/mol. The molecule has 1 aromatic heterocycles. The summed E-state index contributed by atoms with van der Waals surface area (Å²) >= 11 is 7.61. The highest BCUT2D eigenvalue weighted by Gasteiger charge is 2.26. The van der Waals surface area contributed by atoms with E-state index in [0.29, 0.717) is 4.83 Å². The van der Waals surface area contributed by atoms with E-state index in [9.17, 15) is 0 Å². The van der Waals surface area contributed by atoms with Crippen molar-refractivity contribution < 1.29 is 0 Å². The highest BCUT2D eigenvalue weighted by atomic mass is 79.9. The van der Waals surface area contributed by atoms with E-state index in [-0.39, 0.29) is 0 Å². The van der Waals surface area contributed by atoms with Crippen LogP contribution < -0.4 is 0 Å². The maximum Gasteiger partial charge on any atom is 0.0766 e. The van der Waals surface area contributed by atoms with Crippen molar-refractivity contribution in [3.63, 3.8) is 0 Å². The fraction of sp³-hybridized carbons (Fsp3) is 0.786. The molecule has 2 rings (SSSR count). The molecule has 2 unspecified atom stereocenters. The van der Waals surface area contributed by atoms with E-state index in [2.05, 4.69) is 50.4 Å². The van der Waals surface area contributed by atoms with Crippen molar-refractivity contribution in [2.45, 2.75) is 63.7 Å². The van der Waals surface area contributed by atoms with Crippen LogP contribution in [-0.4, -0.2) is 14.6 Å². The third-order valence-corrected chi connectivity index (χ3v) is 6.09. The van der Waals surface area contributed by atoms with Gasteiger partial charge in [-0.05, 0) is 54.5 Å². The summed E-state index contributed by atoms with van der Waals surface area (Å²) in [5.74, 6) is 0.766. The van der Waals surface area contributed by atoms with Crippen molar-refractivity contribution in [3.05, 3.63) is 15.9 Å². The van der Waals surface area contributed by atoms with Gasteiger partial charge < -0.3 is 0 Å². The first-order chi connectivity index (χ1) is 8.67. The lowest BCUT2D eigenvalue weighted by Gasteiger charge is -2.27. The Balaban J connectivity index is 2.19. The Hall–Kier alpha value is 0.170. The van der Waals surface area contributed by atoms with Gasteiger partial charge in [0.1, 0.15) is 0 Å². The third kappa shape index (κ3) is 3.01. The lowest BCUT2D eigenvalue weighted by Crippen LogP contribution is -2.22. The van der Waals surface area contributed by atoms with Gasteiger partial charge in [-0.15, -0.1) is 0 Å². The van der Waals surface area contributed by atoms with Gasteiger partial charge in [-0.3, -0.25) is 4.68 Å². The molecule has 102 valence electrons. The lowest BCUT2D eigenvalue weighted by atomic mass is 9.86. The van der Waals surface area contributed by atoms with Crippen LogP contribution in [0.1, 0.15) is 50.9 Å². The summed E-state index contributed by atoms with van der Waals surface area (Å²) in [4.78, 5) is 0.684. The minimum atomic E-state index is 0.684. The first-order valence-corrected chi connectivity index (χ1v) is 8.76. The molecule has 0 spiro atoms. The van der Waals surface area contributed by atoms with Crippen molar-refractivity contribution in [1.29, 1.82) is 0 Å². The van der Waals surface area contributed by atoms with Crippen LogP contribution in [0.2, 0.25) is 0 Å². The van der Waals surface area contributed by atoms with Crippen LogP contribution in [0.25, 0.3) is 0 Å². The number of aryl methyl sites for hydroxylation is 2. The van der Waals surface area contributed by atoms with Crippen LogP contribution in [0.3, 0.4) is 0 Å². The van der Waals surface area contributed by atoms with Gasteiger partial charge in [-0.25, -0.2) is 0 Å². The van der Waals surface area contributed by atoms with Crippen LogP contribution in [0, 0.1) is 5.92 Å². The first-order valence-electron chi connectivity index (χ1n) is 7.05. The molecule has 18 heavy (non-hydrogen) atoms.